The van der Waals surface area contributed by atoms with Crippen LogP contribution in [0.2, 0.25) is 0 Å². The molecular formula is C30H28N2O3S. The van der Waals surface area contributed by atoms with Crippen molar-refractivity contribution in [3.63, 3.8) is 0 Å². The highest BCUT2D eigenvalue weighted by atomic mass is 32.2. The Morgan fingerprint density at radius 1 is 0.917 bits per heavy atom. The molecule has 0 atom stereocenters. The molecule has 1 amide bonds. The van der Waals surface area contributed by atoms with Gasteiger partial charge in [0.2, 0.25) is 0 Å². The maximum Gasteiger partial charge on any atom is 0.255 e. The zero-order chi connectivity index (χ0) is 24.9. The number of benzene rings is 4. The van der Waals surface area contributed by atoms with Crippen LogP contribution in [-0.2, 0) is 0 Å². The first-order valence-corrected chi connectivity index (χ1v) is 13.0. The van der Waals surface area contributed by atoms with Crippen molar-refractivity contribution in [2.45, 2.75) is 11.8 Å². The van der Waals surface area contributed by atoms with Crippen molar-refractivity contribution in [3.8, 4) is 22.8 Å². The first-order chi connectivity index (χ1) is 17.7. The van der Waals surface area contributed by atoms with Crippen molar-refractivity contribution in [1.29, 1.82) is 0 Å². The Bertz CT molecular complexity index is 1510. The zero-order valence-electron chi connectivity index (χ0n) is 20.3. The number of aromatic nitrogens is 1. The van der Waals surface area contributed by atoms with Crippen LogP contribution in [0, 0.1) is 0 Å². The third-order valence-electron chi connectivity index (χ3n) is 6.09. The van der Waals surface area contributed by atoms with E-state index in [-0.39, 0.29) is 5.91 Å². The molecule has 1 aromatic heterocycles. The van der Waals surface area contributed by atoms with Gasteiger partial charge in [-0.2, -0.15) is 0 Å². The van der Waals surface area contributed by atoms with Gasteiger partial charge in [-0.1, -0.05) is 48.5 Å². The summed E-state index contributed by atoms with van der Waals surface area (Å²) in [5.41, 5.74) is 3.84. The van der Waals surface area contributed by atoms with Gasteiger partial charge in [-0.05, 0) is 59.7 Å². The standard InChI is InChI=1S/C30H28N2O3S/c1-3-35-26-17-14-20-8-4-5-9-23(20)27(26)30(33)31-18-19-36-29-24-10-6-7-11-25(24)32-28(29)21-12-15-22(34-2)16-13-21/h4-17,32H,3,18-19H2,1-2H3,(H,31,33). The number of H-pyrrole nitrogens is 1. The molecule has 0 radical (unpaired) electrons. The van der Waals surface area contributed by atoms with Crippen LogP contribution in [-0.4, -0.2) is 36.9 Å². The molecule has 0 saturated heterocycles. The molecule has 0 fully saturated rings. The Morgan fingerprint density at radius 2 is 1.67 bits per heavy atom. The van der Waals surface area contributed by atoms with Crippen LogP contribution in [0.5, 0.6) is 11.5 Å². The summed E-state index contributed by atoms with van der Waals surface area (Å²) in [6.07, 6.45) is 0. The highest BCUT2D eigenvalue weighted by Gasteiger charge is 2.17. The second-order valence-corrected chi connectivity index (χ2v) is 9.41. The van der Waals surface area contributed by atoms with E-state index in [2.05, 4.69) is 40.6 Å². The molecule has 0 bridgehead atoms. The molecule has 0 unspecified atom stereocenters. The van der Waals surface area contributed by atoms with Gasteiger partial charge in [-0.25, -0.2) is 0 Å². The number of nitrogens with one attached hydrogen (secondary N) is 2. The summed E-state index contributed by atoms with van der Waals surface area (Å²) in [6, 6.07) is 28.1. The predicted molar refractivity (Wildman–Crippen MR) is 148 cm³/mol. The van der Waals surface area contributed by atoms with E-state index in [1.54, 1.807) is 18.9 Å². The lowest BCUT2D eigenvalue weighted by atomic mass is 10.0. The van der Waals surface area contributed by atoms with E-state index in [9.17, 15) is 4.79 Å². The number of carbonyl (C=O) groups excluding carboxylic acids is 1. The molecule has 0 spiro atoms. The maximum absolute atomic E-state index is 13.3. The minimum Gasteiger partial charge on any atom is -0.497 e. The quantitative estimate of drug-likeness (QED) is 0.172. The second kappa shape index (κ2) is 10.8. The van der Waals surface area contributed by atoms with Gasteiger partial charge in [-0.3, -0.25) is 4.79 Å². The van der Waals surface area contributed by atoms with Crippen molar-refractivity contribution in [1.82, 2.24) is 10.3 Å². The number of hydrogen-bond acceptors (Lipinski definition) is 4. The van der Waals surface area contributed by atoms with Crippen molar-refractivity contribution in [2.24, 2.45) is 0 Å². The molecule has 5 nitrogen and oxygen atoms in total. The summed E-state index contributed by atoms with van der Waals surface area (Å²) in [5, 5.41) is 6.19. The predicted octanol–water partition coefficient (Wildman–Crippen LogP) is 6.92. The molecule has 6 heteroatoms. The van der Waals surface area contributed by atoms with E-state index in [0.29, 0.717) is 24.5 Å². The summed E-state index contributed by atoms with van der Waals surface area (Å²) in [5.74, 6) is 2.04. The number of thioether (sulfide) groups is 1. The Balaban J connectivity index is 1.35. The lowest BCUT2D eigenvalue weighted by molar-refractivity contribution is 0.0954. The highest BCUT2D eigenvalue weighted by Crippen LogP contribution is 2.38. The van der Waals surface area contributed by atoms with Crippen LogP contribution in [0.15, 0.2) is 89.8 Å². The fraction of sp³-hybridized carbons (Fsp3) is 0.167. The monoisotopic (exact) mass is 496 g/mol. The number of amides is 1. The number of fused-ring (bicyclic) bond motifs is 2. The summed E-state index contributed by atoms with van der Waals surface area (Å²) >= 11 is 1.73. The molecule has 182 valence electrons. The first kappa shape index (κ1) is 23.8. The largest absolute Gasteiger partial charge is 0.497 e. The zero-order valence-corrected chi connectivity index (χ0v) is 21.2. The molecule has 0 aliphatic carbocycles. The lowest BCUT2D eigenvalue weighted by Gasteiger charge is -2.13. The fourth-order valence-corrected chi connectivity index (χ4v) is 5.45. The van der Waals surface area contributed by atoms with Gasteiger partial charge in [0.25, 0.3) is 5.91 Å². The minimum atomic E-state index is -0.120. The molecule has 36 heavy (non-hydrogen) atoms. The van der Waals surface area contributed by atoms with Crippen molar-refractivity contribution >= 4 is 39.3 Å². The van der Waals surface area contributed by atoms with E-state index < -0.39 is 0 Å². The van der Waals surface area contributed by atoms with Gasteiger partial charge in [0.1, 0.15) is 11.5 Å². The number of methoxy groups -OCH3 is 1. The van der Waals surface area contributed by atoms with Gasteiger partial charge >= 0.3 is 0 Å². The van der Waals surface area contributed by atoms with Gasteiger partial charge in [-0.15, -0.1) is 11.8 Å². The van der Waals surface area contributed by atoms with E-state index in [0.717, 1.165) is 39.0 Å². The third kappa shape index (κ3) is 4.77. The summed E-state index contributed by atoms with van der Waals surface area (Å²) in [6.45, 7) is 2.96. The van der Waals surface area contributed by atoms with E-state index in [4.69, 9.17) is 9.47 Å². The third-order valence-corrected chi connectivity index (χ3v) is 7.21. The number of carbonyl (C=O) groups is 1. The molecular weight excluding hydrogens is 468 g/mol. The molecule has 5 rings (SSSR count). The molecule has 1 heterocycles. The van der Waals surface area contributed by atoms with Crippen LogP contribution in [0.25, 0.3) is 32.9 Å². The Morgan fingerprint density at radius 3 is 2.44 bits per heavy atom. The van der Waals surface area contributed by atoms with E-state index in [1.165, 1.54) is 10.3 Å². The fourth-order valence-electron chi connectivity index (χ4n) is 4.39. The molecule has 5 aromatic rings. The van der Waals surface area contributed by atoms with Crippen LogP contribution in [0.4, 0.5) is 0 Å². The second-order valence-electron chi connectivity index (χ2n) is 8.30. The van der Waals surface area contributed by atoms with E-state index in [1.807, 2.05) is 61.5 Å². The van der Waals surface area contributed by atoms with Gasteiger partial charge in [0.15, 0.2) is 0 Å². The topological polar surface area (TPSA) is 63.4 Å². The number of rotatable bonds is 9. The van der Waals surface area contributed by atoms with Crippen molar-refractivity contribution in [3.05, 3.63) is 90.5 Å². The first-order valence-electron chi connectivity index (χ1n) is 12.0. The van der Waals surface area contributed by atoms with Crippen LogP contribution >= 0.6 is 11.8 Å². The maximum atomic E-state index is 13.3. The Kier molecular flexibility index (Phi) is 7.14. The minimum absolute atomic E-state index is 0.120. The average molecular weight is 497 g/mol. The summed E-state index contributed by atoms with van der Waals surface area (Å²) in [7, 11) is 1.67. The summed E-state index contributed by atoms with van der Waals surface area (Å²) in [4.78, 5) is 18.0. The van der Waals surface area contributed by atoms with E-state index >= 15 is 0 Å². The van der Waals surface area contributed by atoms with Gasteiger partial charge in [0, 0.05) is 28.1 Å². The number of hydrogen-bond donors (Lipinski definition) is 2. The van der Waals surface area contributed by atoms with Gasteiger partial charge < -0.3 is 19.8 Å². The number of para-hydroxylation sites is 1. The Hall–Kier alpha value is -3.90. The SMILES string of the molecule is CCOc1ccc2ccccc2c1C(=O)NCCSc1c(-c2ccc(OC)cc2)[nH]c2ccccc12. The summed E-state index contributed by atoms with van der Waals surface area (Å²) < 4.78 is 11.1. The number of ether oxygens (including phenoxy) is 2. The average Bonchev–Trinajstić information content (AvgIpc) is 3.29. The molecule has 0 saturated carbocycles. The lowest BCUT2D eigenvalue weighted by Crippen LogP contribution is -2.26. The highest BCUT2D eigenvalue weighted by molar-refractivity contribution is 7.99. The van der Waals surface area contributed by atoms with Crippen molar-refractivity contribution in [2.75, 3.05) is 26.0 Å². The van der Waals surface area contributed by atoms with Crippen LogP contribution < -0.4 is 14.8 Å². The molecule has 2 N–H and O–H groups in total. The Labute approximate surface area is 214 Å². The van der Waals surface area contributed by atoms with Crippen molar-refractivity contribution < 1.29 is 14.3 Å². The van der Waals surface area contributed by atoms with Gasteiger partial charge in [0.05, 0.1) is 25.0 Å². The van der Waals surface area contributed by atoms with Crippen LogP contribution in [0.3, 0.4) is 0 Å². The molecule has 0 aliphatic rings. The normalized spacial score (nSPS) is 11.1. The number of aromatic amines is 1. The molecule has 4 aromatic carbocycles. The smallest absolute Gasteiger partial charge is 0.255 e. The van der Waals surface area contributed by atoms with Crippen LogP contribution in [0.1, 0.15) is 17.3 Å². The molecule has 0 aliphatic heterocycles.